The molecule has 3 N–H and O–H groups in total. The van der Waals surface area contributed by atoms with Gasteiger partial charge in [-0.2, -0.15) is 0 Å². The predicted octanol–water partition coefficient (Wildman–Crippen LogP) is 5.97. The second-order valence-electron chi connectivity index (χ2n) is 8.21. The third kappa shape index (κ3) is 6.14. The number of carboxylic acid groups (broad SMARTS) is 1. The maximum atomic E-state index is 12.7. The van der Waals surface area contributed by atoms with Gasteiger partial charge in [0, 0.05) is 5.69 Å². The Morgan fingerprint density at radius 1 is 0.939 bits per heavy atom. The lowest BCUT2D eigenvalue weighted by atomic mass is 9.87. The van der Waals surface area contributed by atoms with Crippen LogP contribution in [0.3, 0.4) is 0 Å². The van der Waals surface area contributed by atoms with Crippen molar-refractivity contribution in [2.24, 2.45) is 0 Å². The summed E-state index contributed by atoms with van der Waals surface area (Å²) in [5, 5.41) is 18.7. The molecule has 0 amide bonds. The molecule has 2 unspecified atom stereocenters. The zero-order valence-electron chi connectivity index (χ0n) is 18.7. The van der Waals surface area contributed by atoms with Crippen LogP contribution in [0.2, 0.25) is 0 Å². The van der Waals surface area contributed by atoms with E-state index in [0.717, 1.165) is 43.0 Å². The number of phenols is 1. The molecular weight excluding hydrogens is 438 g/mol. The van der Waals surface area contributed by atoms with Gasteiger partial charge in [-0.1, -0.05) is 56.3 Å². The van der Waals surface area contributed by atoms with Crippen molar-refractivity contribution in [3.8, 4) is 5.75 Å². The highest BCUT2D eigenvalue weighted by Gasteiger charge is 2.19. The zero-order valence-corrected chi connectivity index (χ0v) is 19.5. The topological polar surface area (TPSA) is 104 Å². The minimum atomic E-state index is -4.00. The summed E-state index contributed by atoms with van der Waals surface area (Å²) < 4.78 is 27.8. The Labute approximate surface area is 195 Å². The lowest BCUT2D eigenvalue weighted by Crippen LogP contribution is -2.14. The Morgan fingerprint density at radius 3 is 2.21 bits per heavy atom. The molecule has 0 aromatic heterocycles. The fourth-order valence-corrected chi connectivity index (χ4v) is 4.98. The highest BCUT2D eigenvalue weighted by atomic mass is 32.2. The van der Waals surface area contributed by atoms with Crippen LogP contribution in [-0.2, 0) is 10.0 Å². The Kier molecular flexibility index (Phi) is 7.76. The standard InChI is InChI=1S/C26H29NO5S/c1-3-19(21-7-5-4-6-8-21)10-9-18(2)20-11-13-22(14-12-20)27-33(31,32)23-15-16-25(28)24(17-23)26(29)30/h4-8,11-19,27-28H,3,9-10H2,1-2H3,(H,29,30). The number of sulfonamides is 1. The molecule has 3 aromatic rings. The number of carboxylic acids is 1. The smallest absolute Gasteiger partial charge is 0.339 e. The summed E-state index contributed by atoms with van der Waals surface area (Å²) in [6, 6.07) is 20.9. The number of carbonyl (C=O) groups is 1. The van der Waals surface area contributed by atoms with Gasteiger partial charge in [-0.3, -0.25) is 4.72 Å². The number of aromatic hydroxyl groups is 1. The van der Waals surface area contributed by atoms with Crippen LogP contribution in [0, 0.1) is 0 Å². The molecule has 174 valence electrons. The number of benzene rings is 3. The number of anilines is 1. The summed E-state index contributed by atoms with van der Waals surface area (Å²) in [5.41, 5.74) is 2.39. The molecule has 3 aromatic carbocycles. The van der Waals surface area contributed by atoms with E-state index in [1.54, 1.807) is 12.1 Å². The van der Waals surface area contributed by atoms with Crippen molar-refractivity contribution >= 4 is 21.7 Å². The van der Waals surface area contributed by atoms with Crippen molar-refractivity contribution < 1.29 is 23.4 Å². The van der Waals surface area contributed by atoms with Gasteiger partial charge in [0.05, 0.1) is 4.90 Å². The third-order valence-electron chi connectivity index (χ3n) is 5.95. The average molecular weight is 468 g/mol. The fourth-order valence-electron chi connectivity index (χ4n) is 3.90. The lowest BCUT2D eigenvalue weighted by Gasteiger charge is -2.19. The second-order valence-corrected chi connectivity index (χ2v) is 9.89. The number of hydrogen-bond donors (Lipinski definition) is 3. The van der Waals surface area contributed by atoms with Crippen LogP contribution in [0.15, 0.2) is 77.7 Å². The molecule has 7 heteroatoms. The largest absolute Gasteiger partial charge is 0.507 e. The number of rotatable bonds is 10. The molecule has 0 fully saturated rings. The van der Waals surface area contributed by atoms with Crippen molar-refractivity contribution in [3.05, 3.63) is 89.5 Å². The molecule has 0 heterocycles. The summed E-state index contributed by atoms with van der Waals surface area (Å²) in [6.45, 7) is 4.37. The molecule has 0 radical (unpaired) electrons. The van der Waals surface area contributed by atoms with Crippen LogP contribution in [0.4, 0.5) is 5.69 Å². The minimum absolute atomic E-state index is 0.235. The number of hydrogen-bond acceptors (Lipinski definition) is 4. The van der Waals surface area contributed by atoms with Crippen molar-refractivity contribution in [1.82, 2.24) is 0 Å². The maximum absolute atomic E-state index is 12.7. The first kappa shape index (κ1) is 24.3. The Bertz CT molecular complexity index is 1190. The lowest BCUT2D eigenvalue weighted by molar-refractivity contribution is 0.0693. The SMILES string of the molecule is CCC(CCC(C)c1ccc(NS(=O)(=O)c2ccc(O)c(C(=O)O)c2)cc1)c1ccccc1. The van der Waals surface area contributed by atoms with Gasteiger partial charge in [0.25, 0.3) is 10.0 Å². The van der Waals surface area contributed by atoms with E-state index >= 15 is 0 Å². The summed E-state index contributed by atoms with van der Waals surface area (Å²) in [6.07, 6.45) is 3.17. The molecule has 3 rings (SSSR count). The van der Waals surface area contributed by atoms with Crippen molar-refractivity contribution in [2.75, 3.05) is 4.72 Å². The molecule has 0 aliphatic carbocycles. The first-order valence-electron chi connectivity index (χ1n) is 10.9. The first-order chi connectivity index (χ1) is 15.7. The van der Waals surface area contributed by atoms with E-state index in [1.165, 1.54) is 5.56 Å². The molecular formula is C26H29NO5S. The predicted molar refractivity (Wildman–Crippen MR) is 129 cm³/mol. The number of nitrogens with one attached hydrogen (secondary N) is 1. The first-order valence-corrected chi connectivity index (χ1v) is 12.4. The van der Waals surface area contributed by atoms with Gasteiger partial charge in [-0.25, -0.2) is 13.2 Å². The van der Waals surface area contributed by atoms with Gasteiger partial charge in [-0.15, -0.1) is 0 Å². The van der Waals surface area contributed by atoms with E-state index in [4.69, 9.17) is 5.11 Å². The highest BCUT2D eigenvalue weighted by Crippen LogP contribution is 2.31. The maximum Gasteiger partial charge on any atom is 0.339 e. The van der Waals surface area contributed by atoms with Crippen LogP contribution < -0.4 is 4.72 Å². The van der Waals surface area contributed by atoms with Crippen LogP contribution in [-0.4, -0.2) is 24.6 Å². The monoisotopic (exact) mass is 467 g/mol. The van der Waals surface area contributed by atoms with E-state index in [2.05, 4.69) is 42.8 Å². The summed E-state index contributed by atoms with van der Waals surface area (Å²) >= 11 is 0. The normalized spacial score (nSPS) is 13.3. The van der Waals surface area contributed by atoms with Crippen LogP contribution in [0.5, 0.6) is 5.75 Å². The zero-order chi connectivity index (χ0) is 24.0. The molecule has 0 saturated carbocycles. The molecule has 0 aliphatic rings. The van der Waals surface area contributed by atoms with Crippen molar-refractivity contribution in [3.63, 3.8) is 0 Å². The van der Waals surface area contributed by atoms with E-state index < -0.39 is 27.3 Å². The summed E-state index contributed by atoms with van der Waals surface area (Å²) in [5.74, 6) is -1.05. The minimum Gasteiger partial charge on any atom is -0.507 e. The Hall–Kier alpha value is -3.32. The van der Waals surface area contributed by atoms with E-state index in [-0.39, 0.29) is 4.90 Å². The van der Waals surface area contributed by atoms with E-state index in [0.29, 0.717) is 17.5 Å². The summed E-state index contributed by atoms with van der Waals surface area (Å²) in [7, 11) is -4.00. The molecule has 0 bridgehead atoms. The van der Waals surface area contributed by atoms with Gasteiger partial charge >= 0.3 is 5.97 Å². The van der Waals surface area contributed by atoms with Crippen LogP contribution in [0.25, 0.3) is 0 Å². The molecule has 6 nitrogen and oxygen atoms in total. The number of aromatic carboxylic acids is 1. The van der Waals surface area contributed by atoms with E-state index in [9.17, 15) is 18.3 Å². The average Bonchev–Trinajstić information content (AvgIpc) is 2.80. The molecule has 0 saturated heterocycles. The molecule has 33 heavy (non-hydrogen) atoms. The van der Waals surface area contributed by atoms with Crippen molar-refractivity contribution in [2.45, 2.75) is 49.8 Å². The third-order valence-corrected chi connectivity index (χ3v) is 7.33. The van der Waals surface area contributed by atoms with Gasteiger partial charge < -0.3 is 10.2 Å². The molecule has 2 atom stereocenters. The molecule has 0 spiro atoms. The Balaban J connectivity index is 1.66. The highest BCUT2D eigenvalue weighted by molar-refractivity contribution is 7.92. The van der Waals surface area contributed by atoms with Gasteiger partial charge in [-0.05, 0) is 72.6 Å². The van der Waals surface area contributed by atoms with Gasteiger partial charge in [0.1, 0.15) is 11.3 Å². The van der Waals surface area contributed by atoms with Gasteiger partial charge in [0.15, 0.2) is 0 Å². The van der Waals surface area contributed by atoms with Crippen LogP contribution >= 0.6 is 0 Å². The summed E-state index contributed by atoms with van der Waals surface area (Å²) in [4.78, 5) is 10.9. The van der Waals surface area contributed by atoms with Gasteiger partial charge in [0.2, 0.25) is 0 Å². The Morgan fingerprint density at radius 2 is 1.61 bits per heavy atom. The van der Waals surface area contributed by atoms with Crippen LogP contribution in [0.1, 0.15) is 66.4 Å². The van der Waals surface area contributed by atoms with E-state index in [1.807, 2.05) is 18.2 Å². The second kappa shape index (κ2) is 10.5. The quantitative estimate of drug-likeness (QED) is 0.341. The fraction of sp³-hybridized carbons (Fsp3) is 0.269. The molecule has 0 aliphatic heterocycles. The van der Waals surface area contributed by atoms with Crippen molar-refractivity contribution in [1.29, 1.82) is 0 Å².